The van der Waals surface area contributed by atoms with Crippen LogP contribution >= 0.6 is 11.6 Å². The molecule has 1 aliphatic heterocycles. The van der Waals surface area contributed by atoms with E-state index in [-0.39, 0.29) is 5.69 Å². The number of carbonyl (C=O) groups excluding carboxylic acids is 1. The highest BCUT2D eigenvalue weighted by Crippen LogP contribution is 2.36. The minimum absolute atomic E-state index is 0.0512. The van der Waals surface area contributed by atoms with E-state index >= 15 is 0 Å². The highest BCUT2D eigenvalue weighted by atomic mass is 35.5. The van der Waals surface area contributed by atoms with E-state index in [1.165, 1.54) is 6.07 Å². The van der Waals surface area contributed by atoms with Crippen LogP contribution in [0.25, 0.3) is 0 Å². The fourth-order valence-electron chi connectivity index (χ4n) is 4.46. The fourth-order valence-corrected chi connectivity index (χ4v) is 4.69. The van der Waals surface area contributed by atoms with E-state index < -0.39 is 22.8 Å². The van der Waals surface area contributed by atoms with Gasteiger partial charge in [-0.25, -0.2) is 4.79 Å². The van der Waals surface area contributed by atoms with Gasteiger partial charge in [0.2, 0.25) is 11.9 Å². The molecule has 0 radical (unpaired) electrons. The molecule has 1 saturated heterocycles. The average Bonchev–Trinajstić information content (AvgIpc) is 3.44. The van der Waals surface area contributed by atoms with Gasteiger partial charge >= 0.3 is 12.2 Å². The van der Waals surface area contributed by atoms with Gasteiger partial charge in [-0.1, -0.05) is 17.7 Å². The first-order valence-corrected chi connectivity index (χ1v) is 13.5. The molecule has 1 aliphatic rings. The van der Waals surface area contributed by atoms with Crippen LogP contribution in [0.2, 0.25) is 5.02 Å². The highest BCUT2D eigenvalue weighted by Gasteiger charge is 2.33. The SMILES string of the molecule is Cc1nc(Nc2cc(NC(=O)Nc3ccc(Cl)c(C(F)(F)F)c3)ccc2C)nc(N2CCN(Cc3ccco3)CC2)n1. The van der Waals surface area contributed by atoms with Crippen LogP contribution in [-0.4, -0.2) is 52.1 Å². The van der Waals surface area contributed by atoms with Gasteiger partial charge in [0.15, 0.2) is 0 Å². The number of benzene rings is 2. The number of urea groups is 1. The van der Waals surface area contributed by atoms with Crippen molar-refractivity contribution in [3.05, 3.63) is 82.5 Å². The standard InChI is InChI=1S/C28H28ClF3N8O2/c1-17-5-6-20(36-27(41)35-19-7-8-23(29)22(14-19)28(30,31)32)15-24(17)37-25-33-18(2)34-26(38-25)40-11-9-39(10-12-40)16-21-4-3-13-42-21/h3-8,13-15H,9-12,16H2,1-2H3,(H2,35,36,41)(H,33,34,37,38). The van der Waals surface area contributed by atoms with Crippen LogP contribution in [0.5, 0.6) is 0 Å². The maximum Gasteiger partial charge on any atom is 0.417 e. The number of hydrogen-bond acceptors (Lipinski definition) is 8. The van der Waals surface area contributed by atoms with Gasteiger partial charge in [0.25, 0.3) is 0 Å². The normalized spacial score (nSPS) is 14.1. The summed E-state index contributed by atoms with van der Waals surface area (Å²) in [4.78, 5) is 30.6. The molecule has 3 heterocycles. The number of rotatable bonds is 7. The molecule has 4 aromatic rings. The molecule has 0 spiro atoms. The summed E-state index contributed by atoms with van der Waals surface area (Å²) in [7, 11) is 0. The zero-order chi connectivity index (χ0) is 29.9. The maximum atomic E-state index is 13.2. The first kappa shape index (κ1) is 29.1. The molecule has 2 amide bonds. The molecule has 0 atom stereocenters. The number of aromatic nitrogens is 3. The number of nitrogens with zero attached hydrogens (tertiary/aromatic N) is 5. The summed E-state index contributed by atoms with van der Waals surface area (Å²) in [5.41, 5.74) is 0.818. The molecule has 2 aromatic heterocycles. The first-order valence-electron chi connectivity index (χ1n) is 13.1. The number of alkyl halides is 3. The van der Waals surface area contributed by atoms with Crippen LogP contribution in [-0.2, 0) is 12.7 Å². The van der Waals surface area contributed by atoms with Crippen LogP contribution in [0.1, 0.15) is 22.7 Å². The molecule has 220 valence electrons. The molecule has 3 N–H and O–H groups in total. The number of carbonyl (C=O) groups is 1. The summed E-state index contributed by atoms with van der Waals surface area (Å²) in [6, 6.07) is 11.4. The second kappa shape index (κ2) is 12.2. The van der Waals surface area contributed by atoms with Crippen molar-refractivity contribution in [2.75, 3.05) is 47.0 Å². The van der Waals surface area contributed by atoms with Crippen molar-refractivity contribution in [1.29, 1.82) is 0 Å². The molecule has 0 bridgehead atoms. The first-order chi connectivity index (χ1) is 20.0. The van der Waals surface area contributed by atoms with Crippen molar-refractivity contribution >= 4 is 46.6 Å². The Bertz CT molecular complexity index is 1560. The Hall–Kier alpha value is -4.36. The molecule has 0 saturated carbocycles. The quantitative estimate of drug-likeness (QED) is 0.222. The van der Waals surface area contributed by atoms with Crippen LogP contribution in [0, 0.1) is 13.8 Å². The number of hydrogen-bond donors (Lipinski definition) is 3. The molecule has 10 nitrogen and oxygen atoms in total. The van der Waals surface area contributed by atoms with Gasteiger partial charge in [0, 0.05) is 43.2 Å². The minimum Gasteiger partial charge on any atom is -0.468 e. The molecule has 2 aromatic carbocycles. The van der Waals surface area contributed by atoms with Gasteiger partial charge < -0.3 is 25.3 Å². The van der Waals surface area contributed by atoms with Gasteiger partial charge in [-0.3, -0.25) is 4.90 Å². The number of halogens is 4. The number of amides is 2. The average molecular weight is 601 g/mol. The van der Waals surface area contributed by atoms with Gasteiger partial charge in [-0.2, -0.15) is 28.1 Å². The third-order valence-corrected chi connectivity index (χ3v) is 6.95. The zero-order valence-corrected chi connectivity index (χ0v) is 23.6. The number of anilines is 5. The second-order valence-corrected chi connectivity index (χ2v) is 10.2. The van der Waals surface area contributed by atoms with Gasteiger partial charge in [0.05, 0.1) is 23.4 Å². The number of piperazine rings is 1. The Morgan fingerprint density at radius 3 is 2.38 bits per heavy atom. The lowest BCUT2D eigenvalue weighted by Crippen LogP contribution is -2.46. The molecule has 0 unspecified atom stereocenters. The van der Waals surface area contributed by atoms with E-state index in [4.69, 9.17) is 16.0 Å². The van der Waals surface area contributed by atoms with Crippen LogP contribution in [0.15, 0.2) is 59.2 Å². The van der Waals surface area contributed by atoms with Crippen LogP contribution in [0.4, 0.5) is 46.9 Å². The Morgan fingerprint density at radius 1 is 0.976 bits per heavy atom. The lowest BCUT2D eigenvalue weighted by Gasteiger charge is -2.34. The number of nitrogens with one attached hydrogen (secondary N) is 3. The van der Waals surface area contributed by atoms with E-state index in [0.717, 1.165) is 56.2 Å². The van der Waals surface area contributed by atoms with Gasteiger partial charge in [0.1, 0.15) is 11.6 Å². The van der Waals surface area contributed by atoms with Crippen LogP contribution < -0.4 is 20.9 Å². The lowest BCUT2D eigenvalue weighted by atomic mass is 10.2. The minimum atomic E-state index is -4.65. The van der Waals surface area contributed by atoms with Crippen molar-refractivity contribution in [2.24, 2.45) is 0 Å². The van der Waals surface area contributed by atoms with Crippen LogP contribution in [0.3, 0.4) is 0 Å². The maximum absolute atomic E-state index is 13.2. The molecule has 0 aliphatic carbocycles. The third kappa shape index (κ3) is 7.28. The summed E-state index contributed by atoms with van der Waals surface area (Å²) >= 11 is 5.66. The van der Waals surface area contributed by atoms with Crippen molar-refractivity contribution in [3.63, 3.8) is 0 Å². The number of furan rings is 1. The fraction of sp³-hybridized carbons (Fsp3) is 0.286. The second-order valence-electron chi connectivity index (χ2n) is 9.77. The predicted octanol–water partition coefficient (Wildman–Crippen LogP) is 6.46. The van der Waals surface area contributed by atoms with E-state index in [1.54, 1.807) is 31.4 Å². The molecule has 1 fully saturated rings. The Balaban J connectivity index is 1.23. The summed E-state index contributed by atoms with van der Waals surface area (Å²) in [5, 5.41) is 7.79. The molecule has 5 rings (SSSR count). The topological polar surface area (TPSA) is 111 Å². The number of aryl methyl sites for hydroxylation is 2. The predicted molar refractivity (Wildman–Crippen MR) is 154 cm³/mol. The monoisotopic (exact) mass is 600 g/mol. The van der Waals surface area contributed by atoms with Crippen molar-refractivity contribution in [2.45, 2.75) is 26.6 Å². The molecule has 14 heteroatoms. The lowest BCUT2D eigenvalue weighted by molar-refractivity contribution is -0.137. The molecule has 42 heavy (non-hydrogen) atoms. The van der Waals surface area contributed by atoms with E-state index in [9.17, 15) is 18.0 Å². The van der Waals surface area contributed by atoms with E-state index in [0.29, 0.717) is 29.1 Å². The van der Waals surface area contributed by atoms with Gasteiger partial charge in [-0.15, -0.1) is 0 Å². The largest absolute Gasteiger partial charge is 0.468 e. The summed E-state index contributed by atoms with van der Waals surface area (Å²) in [5.74, 6) is 2.39. The van der Waals surface area contributed by atoms with Crippen molar-refractivity contribution in [1.82, 2.24) is 19.9 Å². The van der Waals surface area contributed by atoms with E-state index in [2.05, 4.69) is 40.7 Å². The Morgan fingerprint density at radius 2 is 1.69 bits per heavy atom. The highest BCUT2D eigenvalue weighted by molar-refractivity contribution is 6.31. The zero-order valence-electron chi connectivity index (χ0n) is 22.8. The summed E-state index contributed by atoms with van der Waals surface area (Å²) in [6.07, 6.45) is -2.97. The smallest absolute Gasteiger partial charge is 0.417 e. The Kier molecular flexibility index (Phi) is 8.50. The van der Waals surface area contributed by atoms with Gasteiger partial charge in [-0.05, 0) is 61.9 Å². The van der Waals surface area contributed by atoms with Crippen molar-refractivity contribution in [3.8, 4) is 0 Å². The summed E-state index contributed by atoms with van der Waals surface area (Å²) < 4.78 is 45.0. The van der Waals surface area contributed by atoms with E-state index in [1.807, 2.05) is 19.1 Å². The molecular formula is C28H28ClF3N8O2. The van der Waals surface area contributed by atoms with Crippen molar-refractivity contribution < 1.29 is 22.4 Å². The summed E-state index contributed by atoms with van der Waals surface area (Å²) in [6.45, 7) is 7.57. The molecular weight excluding hydrogens is 573 g/mol. The Labute approximate surface area is 244 Å². The third-order valence-electron chi connectivity index (χ3n) is 6.62.